The van der Waals surface area contributed by atoms with Gasteiger partial charge in [-0.1, -0.05) is 182 Å². The summed E-state index contributed by atoms with van der Waals surface area (Å²) in [5, 5.41) is 12.0. The van der Waals surface area contributed by atoms with Gasteiger partial charge in [0.2, 0.25) is 0 Å². The van der Waals surface area contributed by atoms with Gasteiger partial charge < -0.3 is 0 Å². The lowest BCUT2D eigenvalue weighted by atomic mass is 9.84. The standard InChI is InChI=1S/C53H33N3/c1-3-16-37-31-41(29-27-34(37)13-1)52-54-51(55-53(56-52)42-30-28-35-14-2-4-17-38(35)32-42)40-20-11-19-39(33-40)49-45-22-7-9-24-47(45)50(48-25-10-8-23-46(48)49)44-26-12-18-36-15-5-6-21-43(36)44/h1-33H. The third kappa shape index (κ3) is 5.40. The number of aromatic nitrogens is 3. The maximum atomic E-state index is 5.19. The molecule has 1 heterocycles. The molecule has 0 amide bonds. The van der Waals surface area contributed by atoms with Gasteiger partial charge >= 0.3 is 0 Å². The van der Waals surface area contributed by atoms with Crippen molar-refractivity contribution in [2.24, 2.45) is 0 Å². The Bertz CT molecular complexity index is 3170. The highest BCUT2D eigenvalue weighted by Gasteiger charge is 2.19. The normalized spacial score (nSPS) is 11.6. The SMILES string of the molecule is c1cc(-c2nc(-c3ccc4ccccc4c3)nc(-c3ccc4ccccc4c3)n2)cc(-c2c3ccccc3c(-c3cccc4ccccc34)c3ccccc23)c1. The fraction of sp³-hybridized carbons (Fsp3) is 0. The number of fused-ring (bicyclic) bond motifs is 5. The topological polar surface area (TPSA) is 38.7 Å². The molecule has 0 saturated heterocycles. The summed E-state index contributed by atoms with van der Waals surface area (Å²) in [6, 6.07) is 71.3. The van der Waals surface area contributed by atoms with Crippen LogP contribution in [-0.4, -0.2) is 15.0 Å². The summed E-state index contributed by atoms with van der Waals surface area (Å²) in [4.78, 5) is 15.5. The second-order valence-corrected chi connectivity index (χ2v) is 14.4. The van der Waals surface area contributed by atoms with E-state index in [9.17, 15) is 0 Å². The van der Waals surface area contributed by atoms with Crippen LogP contribution in [0.2, 0.25) is 0 Å². The summed E-state index contributed by atoms with van der Waals surface area (Å²) >= 11 is 0. The largest absolute Gasteiger partial charge is 0.208 e. The van der Waals surface area contributed by atoms with Crippen molar-refractivity contribution in [2.45, 2.75) is 0 Å². The van der Waals surface area contributed by atoms with Crippen LogP contribution in [0.4, 0.5) is 0 Å². The van der Waals surface area contributed by atoms with Gasteiger partial charge in [0.25, 0.3) is 0 Å². The van der Waals surface area contributed by atoms with E-state index in [4.69, 9.17) is 15.0 Å². The van der Waals surface area contributed by atoms with Gasteiger partial charge in [-0.05, 0) is 94.3 Å². The first kappa shape index (κ1) is 32.0. The highest BCUT2D eigenvalue weighted by molar-refractivity contribution is 6.23. The molecule has 11 rings (SSSR count). The number of hydrogen-bond acceptors (Lipinski definition) is 3. The molecular weight excluding hydrogens is 679 g/mol. The molecule has 0 radical (unpaired) electrons. The van der Waals surface area contributed by atoms with E-state index in [1.165, 1.54) is 59.8 Å². The molecule has 0 fully saturated rings. The first-order valence-corrected chi connectivity index (χ1v) is 19.0. The third-order valence-corrected chi connectivity index (χ3v) is 11.1. The van der Waals surface area contributed by atoms with Crippen LogP contribution in [0.3, 0.4) is 0 Å². The molecule has 260 valence electrons. The lowest BCUT2D eigenvalue weighted by Crippen LogP contribution is -2.00. The third-order valence-electron chi connectivity index (χ3n) is 11.1. The van der Waals surface area contributed by atoms with E-state index in [2.05, 4.69) is 200 Å². The predicted molar refractivity (Wildman–Crippen MR) is 235 cm³/mol. The van der Waals surface area contributed by atoms with Gasteiger partial charge in [0.15, 0.2) is 17.5 Å². The molecule has 10 aromatic carbocycles. The molecule has 0 N–H and O–H groups in total. The van der Waals surface area contributed by atoms with E-state index >= 15 is 0 Å². The zero-order chi connectivity index (χ0) is 37.0. The number of benzene rings is 10. The molecule has 0 atom stereocenters. The summed E-state index contributed by atoms with van der Waals surface area (Å²) in [5.41, 5.74) is 7.63. The van der Waals surface area contributed by atoms with Gasteiger partial charge in [0.05, 0.1) is 0 Å². The first-order valence-electron chi connectivity index (χ1n) is 19.0. The smallest absolute Gasteiger partial charge is 0.164 e. The van der Waals surface area contributed by atoms with E-state index < -0.39 is 0 Å². The lowest BCUT2D eigenvalue weighted by Gasteiger charge is -2.19. The molecule has 0 aliphatic carbocycles. The van der Waals surface area contributed by atoms with Crippen LogP contribution in [0, 0.1) is 0 Å². The van der Waals surface area contributed by atoms with Gasteiger partial charge in [0, 0.05) is 16.7 Å². The molecule has 3 heteroatoms. The summed E-state index contributed by atoms with van der Waals surface area (Å²) in [6.07, 6.45) is 0. The van der Waals surface area contributed by atoms with E-state index in [0.717, 1.165) is 33.0 Å². The Morgan fingerprint density at radius 2 is 0.625 bits per heavy atom. The molecule has 0 aliphatic heterocycles. The molecule has 0 aliphatic rings. The van der Waals surface area contributed by atoms with Crippen molar-refractivity contribution < 1.29 is 0 Å². The van der Waals surface area contributed by atoms with E-state index in [1.54, 1.807) is 0 Å². The van der Waals surface area contributed by atoms with Crippen LogP contribution in [0.25, 0.3) is 110 Å². The Morgan fingerprint density at radius 3 is 1.18 bits per heavy atom. The first-order chi connectivity index (χ1) is 27.7. The van der Waals surface area contributed by atoms with Crippen molar-refractivity contribution in [2.75, 3.05) is 0 Å². The fourth-order valence-corrected chi connectivity index (χ4v) is 8.41. The summed E-state index contributed by atoms with van der Waals surface area (Å²) in [6.45, 7) is 0. The van der Waals surface area contributed by atoms with Crippen molar-refractivity contribution in [1.29, 1.82) is 0 Å². The van der Waals surface area contributed by atoms with Gasteiger partial charge in [-0.3, -0.25) is 0 Å². The summed E-state index contributed by atoms with van der Waals surface area (Å²) < 4.78 is 0. The van der Waals surface area contributed by atoms with Crippen LogP contribution in [-0.2, 0) is 0 Å². The zero-order valence-electron chi connectivity index (χ0n) is 30.4. The highest BCUT2D eigenvalue weighted by atomic mass is 15.0. The average Bonchev–Trinajstić information content (AvgIpc) is 3.27. The maximum absolute atomic E-state index is 5.19. The van der Waals surface area contributed by atoms with Crippen molar-refractivity contribution in [1.82, 2.24) is 15.0 Å². The lowest BCUT2D eigenvalue weighted by molar-refractivity contribution is 1.08. The van der Waals surface area contributed by atoms with Crippen molar-refractivity contribution in [3.8, 4) is 56.4 Å². The summed E-state index contributed by atoms with van der Waals surface area (Å²) in [7, 11) is 0. The molecule has 11 aromatic rings. The quantitative estimate of drug-likeness (QED) is 0.167. The second kappa shape index (κ2) is 13.1. The Hall–Kier alpha value is -7.49. The van der Waals surface area contributed by atoms with Crippen LogP contribution >= 0.6 is 0 Å². The Morgan fingerprint density at radius 1 is 0.232 bits per heavy atom. The van der Waals surface area contributed by atoms with Gasteiger partial charge in [-0.2, -0.15) is 0 Å². The van der Waals surface area contributed by atoms with Gasteiger partial charge in [0.1, 0.15) is 0 Å². The molecule has 0 unspecified atom stereocenters. The van der Waals surface area contributed by atoms with Crippen molar-refractivity contribution >= 4 is 53.9 Å². The van der Waals surface area contributed by atoms with Crippen molar-refractivity contribution in [3.63, 3.8) is 0 Å². The van der Waals surface area contributed by atoms with E-state index in [0.29, 0.717) is 17.5 Å². The monoisotopic (exact) mass is 711 g/mol. The maximum Gasteiger partial charge on any atom is 0.164 e. The van der Waals surface area contributed by atoms with Crippen LogP contribution in [0.15, 0.2) is 200 Å². The van der Waals surface area contributed by atoms with E-state index in [1.807, 2.05) is 0 Å². The Labute approximate surface area is 324 Å². The molecule has 0 bridgehead atoms. The molecule has 3 nitrogen and oxygen atoms in total. The summed E-state index contributed by atoms with van der Waals surface area (Å²) in [5.74, 6) is 1.92. The fourth-order valence-electron chi connectivity index (χ4n) is 8.41. The van der Waals surface area contributed by atoms with Crippen LogP contribution < -0.4 is 0 Å². The average molecular weight is 712 g/mol. The molecule has 0 saturated carbocycles. The Kier molecular flexibility index (Phi) is 7.49. The van der Waals surface area contributed by atoms with E-state index in [-0.39, 0.29) is 0 Å². The molecular formula is C53H33N3. The number of rotatable bonds is 5. The minimum absolute atomic E-state index is 0.633. The van der Waals surface area contributed by atoms with Crippen molar-refractivity contribution in [3.05, 3.63) is 200 Å². The second-order valence-electron chi connectivity index (χ2n) is 14.4. The molecule has 56 heavy (non-hydrogen) atoms. The van der Waals surface area contributed by atoms with Gasteiger partial charge in [-0.15, -0.1) is 0 Å². The number of nitrogens with zero attached hydrogens (tertiary/aromatic N) is 3. The predicted octanol–water partition coefficient (Wildman–Crippen LogP) is 14.0. The minimum Gasteiger partial charge on any atom is -0.208 e. The van der Waals surface area contributed by atoms with Crippen LogP contribution in [0.1, 0.15) is 0 Å². The molecule has 0 spiro atoms. The number of hydrogen-bond donors (Lipinski definition) is 0. The Balaban J connectivity index is 1.13. The van der Waals surface area contributed by atoms with Crippen LogP contribution in [0.5, 0.6) is 0 Å². The highest BCUT2D eigenvalue weighted by Crippen LogP contribution is 2.45. The zero-order valence-corrected chi connectivity index (χ0v) is 30.4. The minimum atomic E-state index is 0.633. The molecule has 1 aromatic heterocycles. The van der Waals surface area contributed by atoms with Gasteiger partial charge in [-0.25, -0.2) is 15.0 Å².